The minimum absolute atomic E-state index is 0.207. The Morgan fingerprint density at radius 2 is 1.62 bits per heavy atom. The van der Waals surface area contributed by atoms with Gasteiger partial charge < -0.3 is 5.11 Å². The Bertz CT molecular complexity index is 898. The number of carboxylic acid groups (broad SMARTS) is 1. The summed E-state index contributed by atoms with van der Waals surface area (Å²) in [5.41, 5.74) is 0.0923. The maximum Gasteiger partial charge on any atom is 0.325 e. The molecule has 0 saturated carbocycles. The highest BCUT2D eigenvalue weighted by atomic mass is 79.9. The smallest absolute Gasteiger partial charge is 0.325 e. The number of hydrogen-bond donors (Lipinski definition) is 2. The van der Waals surface area contributed by atoms with Gasteiger partial charge in [-0.25, -0.2) is 8.42 Å². The van der Waals surface area contributed by atoms with E-state index >= 15 is 0 Å². The Hall–Kier alpha value is -1.71. The fourth-order valence-electron chi connectivity index (χ4n) is 1.90. The summed E-state index contributed by atoms with van der Waals surface area (Å²) < 4.78 is 28.2. The molecule has 6 nitrogen and oxygen atoms in total. The normalized spacial score (nSPS) is 12.4. The summed E-state index contributed by atoms with van der Waals surface area (Å²) in [6.45, 7) is 0. The molecule has 0 aliphatic rings. The highest BCUT2D eigenvalue weighted by molar-refractivity contribution is 9.10. The Morgan fingerprint density at radius 3 is 2.25 bits per heavy atom. The molecule has 2 rings (SSSR count). The molecular formula is C15H11Br2NO5S. The second-order valence-corrected chi connectivity index (χ2v) is 8.07. The second-order valence-electron chi connectivity index (χ2n) is 4.65. The molecule has 0 bridgehead atoms. The van der Waals surface area contributed by atoms with Crippen LogP contribution in [0, 0.1) is 0 Å². The number of halogens is 2. The van der Waals surface area contributed by atoms with Crippen molar-refractivity contribution in [3.8, 4) is 0 Å². The molecule has 2 N–H and O–H groups in total. The molecule has 0 amide bonds. The fraction of sp³-hybridized carbons (Fsp3) is 0.0667. The molecule has 0 aromatic heterocycles. The quantitative estimate of drug-likeness (QED) is 0.378. The van der Waals surface area contributed by atoms with Gasteiger partial charge in [-0.2, -0.15) is 0 Å². The van der Waals surface area contributed by atoms with Crippen molar-refractivity contribution in [2.45, 2.75) is 9.72 Å². The molecule has 0 saturated heterocycles. The van der Waals surface area contributed by atoms with Crippen LogP contribution in [0.2, 0.25) is 0 Å². The van der Waals surface area contributed by atoms with Crippen LogP contribution in [-0.4, -0.2) is 30.1 Å². The lowest BCUT2D eigenvalue weighted by molar-refractivity contribution is -0.135. The van der Waals surface area contributed by atoms with E-state index in [9.17, 15) is 18.0 Å². The average molecular weight is 477 g/mol. The summed E-state index contributed by atoms with van der Waals surface area (Å²) in [4.78, 5) is 21.4. The van der Waals surface area contributed by atoms with Gasteiger partial charge in [0, 0.05) is 10.0 Å². The van der Waals surface area contributed by atoms with E-state index in [0.717, 1.165) is 0 Å². The van der Waals surface area contributed by atoms with Gasteiger partial charge in [0.25, 0.3) is 10.0 Å². The molecule has 9 heteroatoms. The van der Waals surface area contributed by atoms with Crippen LogP contribution in [0.15, 0.2) is 57.9 Å². The van der Waals surface area contributed by atoms with Crippen molar-refractivity contribution in [3.63, 3.8) is 0 Å². The number of hydrogen-bond acceptors (Lipinski definition) is 4. The van der Waals surface area contributed by atoms with E-state index in [-0.39, 0.29) is 10.5 Å². The van der Waals surface area contributed by atoms with Crippen LogP contribution in [0.25, 0.3) is 0 Å². The van der Waals surface area contributed by atoms with Crippen molar-refractivity contribution in [1.29, 1.82) is 0 Å². The monoisotopic (exact) mass is 475 g/mol. The van der Waals surface area contributed by atoms with Gasteiger partial charge >= 0.3 is 5.97 Å². The highest BCUT2D eigenvalue weighted by Crippen LogP contribution is 2.26. The number of carboxylic acids is 1. The zero-order valence-corrected chi connectivity index (χ0v) is 15.9. The van der Waals surface area contributed by atoms with Gasteiger partial charge in [-0.15, -0.1) is 0 Å². The Labute approximate surface area is 155 Å². The number of nitrogens with one attached hydrogen (secondary N) is 1. The summed E-state index contributed by atoms with van der Waals surface area (Å²) >= 11 is 5.98. The predicted octanol–water partition coefficient (Wildman–Crippen LogP) is 3.28. The number of Topliss-reactive ketones (excluding diaryl/α,β-unsaturated/α-hetero) is 1. The first-order chi connectivity index (χ1) is 11.2. The average Bonchev–Trinajstić information content (AvgIpc) is 2.55. The maximum absolute atomic E-state index is 12.6. The van der Waals surface area contributed by atoms with Crippen molar-refractivity contribution < 1.29 is 23.1 Å². The third kappa shape index (κ3) is 4.03. The van der Waals surface area contributed by atoms with Crippen LogP contribution >= 0.6 is 31.9 Å². The van der Waals surface area contributed by atoms with Crippen molar-refractivity contribution in [2.75, 3.05) is 4.72 Å². The Kier molecular flexibility index (Phi) is 5.79. The number of carbonyl (C=O) groups excluding carboxylic acids is 1. The molecule has 2 aromatic carbocycles. The molecule has 0 aliphatic carbocycles. The van der Waals surface area contributed by atoms with Gasteiger partial charge in [0.1, 0.15) is 0 Å². The lowest BCUT2D eigenvalue weighted by Gasteiger charge is -2.13. The number of carbonyl (C=O) groups is 2. The van der Waals surface area contributed by atoms with E-state index in [1.807, 2.05) is 0 Å². The first kappa shape index (κ1) is 18.6. The van der Waals surface area contributed by atoms with E-state index in [4.69, 9.17) is 5.11 Å². The number of para-hydroxylation sites is 1. The van der Waals surface area contributed by atoms with Crippen LogP contribution in [0.5, 0.6) is 0 Å². The summed E-state index contributed by atoms with van der Waals surface area (Å²) in [6, 6.07) is 12.0. The molecule has 0 aliphatic heterocycles. The first-order valence-electron chi connectivity index (χ1n) is 6.51. The number of benzene rings is 2. The van der Waals surface area contributed by atoms with Crippen LogP contribution < -0.4 is 4.72 Å². The predicted molar refractivity (Wildman–Crippen MR) is 96.1 cm³/mol. The number of rotatable bonds is 6. The van der Waals surface area contributed by atoms with E-state index in [1.54, 1.807) is 24.3 Å². The van der Waals surface area contributed by atoms with Crippen LogP contribution in [0.4, 0.5) is 5.69 Å². The van der Waals surface area contributed by atoms with Gasteiger partial charge in [0.15, 0.2) is 10.6 Å². The van der Waals surface area contributed by atoms with Crippen LogP contribution in [0.3, 0.4) is 0 Å². The number of ketones is 1. The van der Waals surface area contributed by atoms with Gasteiger partial charge in [0.2, 0.25) is 0 Å². The molecular weight excluding hydrogens is 466 g/mol. The fourth-order valence-corrected chi connectivity index (χ4v) is 3.95. The highest BCUT2D eigenvalue weighted by Gasteiger charge is 2.29. The van der Waals surface area contributed by atoms with Gasteiger partial charge in [-0.1, -0.05) is 40.2 Å². The number of aliphatic carboxylic acids is 1. The van der Waals surface area contributed by atoms with Crippen molar-refractivity contribution >= 4 is 59.3 Å². The van der Waals surface area contributed by atoms with Crippen molar-refractivity contribution in [1.82, 2.24) is 0 Å². The van der Waals surface area contributed by atoms with E-state index < -0.39 is 26.6 Å². The van der Waals surface area contributed by atoms with Gasteiger partial charge in [-0.3, -0.25) is 14.3 Å². The molecule has 1 unspecified atom stereocenters. The molecule has 126 valence electrons. The molecule has 1 atom stereocenters. The largest absolute Gasteiger partial charge is 0.480 e. The third-order valence-electron chi connectivity index (χ3n) is 3.01. The van der Waals surface area contributed by atoms with E-state index in [2.05, 4.69) is 36.6 Å². The number of sulfonamides is 1. The Balaban J connectivity index is 2.47. The lowest BCUT2D eigenvalue weighted by Crippen LogP contribution is -2.26. The topological polar surface area (TPSA) is 101 Å². The van der Waals surface area contributed by atoms with E-state index in [1.165, 1.54) is 24.3 Å². The van der Waals surface area contributed by atoms with Gasteiger partial charge in [0.05, 0.1) is 10.6 Å². The molecule has 0 radical (unpaired) electrons. The number of alkyl halides is 1. The summed E-state index contributed by atoms with van der Waals surface area (Å²) in [5.74, 6) is -2.25. The molecule has 0 heterocycles. The van der Waals surface area contributed by atoms with Gasteiger partial charge in [-0.05, 0) is 40.2 Å². The molecule has 24 heavy (non-hydrogen) atoms. The molecule has 0 fully saturated rings. The van der Waals surface area contributed by atoms with Crippen LogP contribution in [0.1, 0.15) is 10.4 Å². The second kappa shape index (κ2) is 7.45. The van der Waals surface area contributed by atoms with E-state index in [0.29, 0.717) is 10.2 Å². The molecule has 0 spiro atoms. The SMILES string of the molecule is O=C(O)C(Br)C(=O)c1ccccc1S(=O)(=O)Nc1ccccc1Br. The summed E-state index contributed by atoms with van der Waals surface area (Å²) in [7, 11) is -4.09. The van der Waals surface area contributed by atoms with Crippen molar-refractivity contribution in [3.05, 3.63) is 58.6 Å². The summed E-state index contributed by atoms with van der Waals surface area (Å²) in [5, 5.41) is 8.94. The zero-order chi connectivity index (χ0) is 17.9. The lowest BCUT2D eigenvalue weighted by atomic mass is 10.1. The van der Waals surface area contributed by atoms with Crippen molar-refractivity contribution in [2.24, 2.45) is 0 Å². The zero-order valence-electron chi connectivity index (χ0n) is 11.9. The minimum atomic E-state index is -4.09. The number of anilines is 1. The minimum Gasteiger partial charge on any atom is -0.480 e. The Morgan fingerprint density at radius 1 is 1.04 bits per heavy atom. The maximum atomic E-state index is 12.6. The standard InChI is InChI=1S/C15H11Br2NO5S/c16-10-6-2-3-7-11(10)18-24(22,23)12-8-4-1-5-9(12)14(19)13(17)15(20)21/h1-8,13,18H,(H,20,21). The third-order valence-corrected chi connectivity index (χ3v) is 5.93. The summed E-state index contributed by atoms with van der Waals surface area (Å²) in [6.07, 6.45) is 0. The van der Waals surface area contributed by atoms with Crippen LogP contribution in [-0.2, 0) is 14.8 Å². The molecule has 2 aromatic rings. The first-order valence-corrected chi connectivity index (χ1v) is 9.70.